The van der Waals surface area contributed by atoms with Crippen LogP contribution < -0.4 is 10.1 Å². The van der Waals surface area contributed by atoms with Gasteiger partial charge in [0.15, 0.2) is 0 Å². The number of hydrogen-bond donors (Lipinski definition) is 2. The number of carboxylic acid groups (broad SMARTS) is 1. The predicted molar refractivity (Wildman–Crippen MR) is 104 cm³/mol. The normalized spacial score (nSPS) is 29.3. The number of nitrogens with zero attached hydrogens (tertiary/aromatic N) is 1. The van der Waals surface area contributed by atoms with Crippen LogP contribution in [0.2, 0.25) is 0 Å². The standard InChI is InChI=1S/C20H24N2O5S/c1-19(2)14(17(24)25)22-15(23)13(16(22)28-19)21-18(26)20(9-6-10-20)11-7-4-5-8-12(11)27-3/h4-5,7-8,13-14,16H,6,9-10H2,1-3H3,(H,21,26)(H,24,25)/t13-,14+,16-/m1/s1. The number of fused-ring (bicyclic) bond motifs is 1. The third-order valence-electron chi connectivity index (χ3n) is 6.23. The maximum Gasteiger partial charge on any atom is 0.327 e. The van der Waals surface area contributed by atoms with Crippen LogP contribution in [0.3, 0.4) is 0 Å². The molecule has 1 saturated carbocycles. The van der Waals surface area contributed by atoms with Crippen LogP contribution in [0, 0.1) is 0 Å². The quantitative estimate of drug-likeness (QED) is 0.726. The van der Waals surface area contributed by atoms with Crippen LogP contribution in [0.5, 0.6) is 5.75 Å². The molecule has 7 nitrogen and oxygen atoms in total. The molecule has 0 bridgehead atoms. The summed E-state index contributed by atoms with van der Waals surface area (Å²) in [6.07, 6.45) is 2.33. The highest BCUT2D eigenvalue weighted by Crippen LogP contribution is 2.52. The summed E-state index contributed by atoms with van der Waals surface area (Å²) < 4.78 is 4.85. The van der Waals surface area contributed by atoms with Crippen molar-refractivity contribution in [2.24, 2.45) is 0 Å². The average Bonchev–Trinajstić information content (AvgIpc) is 2.87. The van der Waals surface area contributed by atoms with E-state index < -0.39 is 28.2 Å². The molecule has 0 aromatic heterocycles. The second-order valence-electron chi connectivity index (χ2n) is 8.19. The lowest BCUT2D eigenvalue weighted by Gasteiger charge is -2.47. The minimum Gasteiger partial charge on any atom is -0.496 e. The summed E-state index contributed by atoms with van der Waals surface area (Å²) in [4.78, 5) is 39.0. The van der Waals surface area contributed by atoms with Crippen molar-refractivity contribution >= 4 is 29.5 Å². The van der Waals surface area contributed by atoms with E-state index in [1.807, 2.05) is 38.1 Å². The zero-order valence-corrected chi connectivity index (χ0v) is 16.9. The van der Waals surface area contributed by atoms with Gasteiger partial charge in [-0.1, -0.05) is 24.6 Å². The first-order chi connectivity index (χ1) is 13.2. The second kappa shape index (κ2) is 6.40. The van der Waals surface area contributed by atoms with Gasteiger partial charge in [-0.25, -0.2) is 4.79 Å². The summed E-state index contributed by atoms with van der Waals surface area (Å²) in [5, 5.41) is 12.1. The number of carboxylic acids is 1. The van der Waals surface area contributed by atoms with Gasteiger partial charge in [-0.3, -0.25) is 9.59 Å². The summed E-state index contributed by atoms with van der Waals surface area (Å²) in [6, 6.07) is 5.92. The lowest BCUT2D eigenvalue weighted by molar-refractivity contribution is -0.161. The fraction of sp³-hybridized carbons (Fsp3) is 0.550. The number of rotatable bonds is 5. The van der Waals surface area contributed by atoms with E-state index in [4.69, 9.17) is 4.74 Å². The van der Waals surface area contributed by atoms with Gasteiger partial charge in [-0.15, -0.1) is 11.8 Å². The molecule has 3 fully saturated rings. The minimum absolute atomic E-state index is 0.182. The van der Waals surface area contributed by atoms with Gasteiger partial charge in [0.1, 0.15) is 23.2 Å². The van der Waals surface area contributed by atoms with Crippen molar-refractivity contribution in [1.82, 2.24) is 10.2 Å². The molecule has 1 aromatic carbocycles. The van der Waals surface area contributed by atoms with Crippen LogP contribution >= 0.6 is 11.8 Å². The van der Waals surface area contributed by atoms with E-state index in [-0.39, 0.29) is 17.2 Å². The lowest BCUT2D eigenvalue weighted by atomic mass is 9.63. The molecule has 28 heavy (non-hydrogen) atoms. The van der Waals surface area contributed by atoms with Crippen LogP contribution in [0.15, 0.2) is 24.3 Å². The molecular weight excluding hydrogens is 380 g/mol. The number of para-hydroxylation sites is 1. The number of thioether (sulfide) groups is 1. The van der Waals surface area contributed by atoms with Crippen molar-refractivity contribution in [3.63, 3.8) is 0 Å². The molecule has 4 rings (SSSR count). The molecule has 2 N–H and O–H groups in total. The highest BCUT2D eigenvalue weighted by Gasteiger charge is 2.65. The van der Waals surface area contributed by atoms with Crippen molar-refractivity contribution < 1.29 is 24.2 Å². The molecule has 1 aromatic rings. The molecule has 2 heterocycles. The maximum absolute atomic E-state index is 13.3. The molecule has 2 amide bonds. The molecule has 3 aliphatic rings. The Bertz CT molecular complexity index is 851. The smallest absolute Gasteiger partial charge is 0.327 e. The minimum atomic E-state index is -1.01. The van der Waals surface area contributed by atoms with E-state index in [1.54, 1.807) is 7.11 Å². The van der Waals surface area contributed by atoms with Gasteiger partial charge in [0.2, 0.25) is 11.8 Å². The topological polar surface area (TPSA) is 95.9 Å². The van der Waals surface area contributed by atoms with E-state index in [1.165, 1.54) is 16.7 Å². The summed E-state index contributed by atoms with van der Waals surface area (Å²) >= 11 is 1.43. The Balaban J connectivity index is 1.56. The van der Waals surface area contributed by atoms with Gasteiger partial charge in [0, 0.05) is 10.3 Å². The Morgan fingerprint density at radius 2 is 1.96 bits per heavy atom. The molecule has 0 spiro atoms. The number of β-lactam (4-membered cyclic amide) rings is 1. The third-order valence-corrected chi connectivity index (χ3v) is 7.80. The van der Waals surface area contributed by atoms with Gasteiger partial charge in [-0.05, 0) is 32.8 Å². The Morgan fingerprint density at radius 3 is 2.54 bits per heavy atom. The second-order valence-corrected chi connectivity index (χ2v) is 9.96. The zero-order valence-electron chi connectivity index (χ0n) is 16.1. The Labute approximate surface area is 167 Å². The third kappa shape index (κ3) is 2.53. The van der Waals surface area contributed by atoms with Crippen LogP contribution in [0.4, 0.5) is 0 Å². The fourth-order valence-electron chi connectivity index (χ4n) is 4.61. The van der Waals surface area contributed by atoms with Crippen molar-refractivity contribution in [2.75, 3.05) is 7.11 Å². The first-order valence-corrected chi connectivity index (χ1v) is 10.3. The number of aliphatic carboxylic acids is 1. The highest BCUT2D eigenvalue weighted by molar-refractivity contribution is 8.01. The van der Waals surface area contributed by atoms with Gasteiger partial charge in [-0.2, -0.15) is 0 Å². The number of carbonyl (C=O) groups is 3. The average molecular weight is 404 g/mol. The van der Waals surface area contributed by atoms with Crippen LogP contribution in [-0.4, -0.2) is 57.1 Å². The number of hydrogen-bond acceptors (Lipinski definition) is 5. The monoisotopic (exact) mass is 404 g/mol. The fourth-order valence-corrected chi connectivity index (χ4v) is 6.24. The summed E-state index contributed by atoms with van der Waals surface area (Å²) in [5.74, 6) is -0.847. The highest BCUT2D eigenvalue weighted by atomic mass is 32.2. The van der Waals surface area contributed by atoms with Gasteiger partial charge >= 0.3 is 5.97 Å². The molecule has 0 radical (unpaired) electrons. The van der Waals surface area contributed by atoms with Gasteiger partial charge in [0.25, 0.3) is 0 Å². The van der Waals surface area contributed by atoms with E-state index in [9.17, 15) is 19.5 Å². The van der Waals surface area contributed by atoms with E-state index >= 15 is 0 Å². The van der Waals surface area contributed by atoms with E-state index in [0.29, 0.717) is 18.6 Å². The summed E-state index contributed by atoms with van der Waals surface area (Å²) in [5.41, 5.74) is 0.144. The SMILES string of the molecule is COc1ccccc1C1(C(=O)N[C@@H]2C(=O)N3[C@@H]2SC(C)(C)[C@@H]3C(=O)O)CCC1. The summed E-state index contributed by atoms with van der Waals surface area (Å²) in [6.45, 7) is 3.65. The first-order valence-electron chi connectivity index (χ1n) is 9.40. The zero-order chi connectivity index (χ0) is 20.3. The number of benzene rings is 1. The lowest BCUT2D eigenvalue weighted by Crippen LogP contribution is -2.72. The Hall–Kier alpha value is -2.22. The number of ether oxygens (including phenoxy) is 1. The predicted octanol–water partition coefficient (Wildman–Crippen LogP) is 1.75. The largest absolute Gasteiger partial charge is 0.496 e. The Kier molecular flexibility index (Phi) is 4.37. The molecule has 2 saturated heterocycles. The molecule has 8 heteroatoms. The molecule has 3 atom stereocenters. The molecule has 1 aliphatic carbocycles. The van der Waals surface area contributed by atoms with Crippen LogP contribution in [0.25, 0.3) is 0 Å². The number of amides is 2. The number of carbonyl (C=O) groups excluding carboxylic acids is 2. The van der Waals surface area contributed by atoms with E-state index in [0.717, 1.165) is 12.0 Å². The van der Waals surface area contributed by atoms with Gasteiger partial charge in [0.05, 0.1) is 12.5 Å². The summed E-state index contributed by atoms with van der Waals surface area (Å²) in [7, 11) is 1.58. The van der Waals surface area contributed by atoms with E-state index in [2.05, 4.69) is 5.32 Å². The van der Waals surface area contributed by atoms with Crippen molar-refractivity contribution in [2.45, 2.75) is 60.7 Å². The molecule has 150 valence electrons. The molecule has 2 aliphatic heterocycles. The molecule has 0 unspecified atom stereocenters. The first kappa shape index (κ1) is 19.1. The van der Waals surface area contributed by atoms with Crippen molar-refractivity contribution in [1.29, 1.82) is 0 Å². The van der Waals surface area contributed by atoms with Crippen LogP contribution in [0.1, 0.15) is 38.7 Å². The number of methoxy groups -OCH3 is 1. The van der Waals surface area contributed by atoms with Crippen LogP contribution in [-0.2, 0) is 19.8 Å². The number of nitrogens with one attached hydrogen (secondary N) is 1. The van der Waals surface area contributed by atoms with Gasteiger partial charge < -0.3 is 20.1 Å². The maximum atomic E-state index is 13.3. The Morgan fingerprint density at radius 1 is 1.29 bits per heavy atom. The van der Waals surface area contributed by atoms with Crippen molar-refractivity contribution in [3.05, 3.63) is 29.8 Å². The molecular formula is C20H24N2O5S. The van der Waals surface area contributed by atoms with Crippen molar-refractivity contribution in [3.8, 4) is 5.75 Å².